The van der Waals surface area contributed by atoms with Gasteiger partial charge in [0, 0.05) is 12.3 Å². The summed E-state index contributed by atoms with van der Waals surface area (Å²) in [5, 5.41) is 2.78. The summed E-state index contributed by atoms with van der Waals surface area (Å²) in [6, 6.07) is -1.95. The molecular weight excluding hydrogens is 386 g/mol. The average molecular weight is 420 g/mol. The minimum Gasteiger partial charge on any atom is -0.361 e. The third-order valence-electron chi connectivity index (χ3n) is 4.83. The Morgan fingerprint density at radius 2 is 1.69 bits per heavy atom. The molecule has 0 aromatic heterocycles. The van der Waals surface area contributed by atoms with E-state index < -0.39 is 48.5 Å². The lowest BCUT2D eigenvalue weighted by Gasteiger charge is -2.25. The standard InChI is InChI=1S/C20H34F2N2O5/c1-11(2)6-13(8-16(25)14(23)9-28-19(21)22)18(27)24-15(7-12(3)4)17(26)20(5)10-29-20/h11-15,19H,6-10,23H2,1-5H3,(H,24,27)/t13-,14+,15+,20-/m1/s1. The van der Waals surface area contributed by atoms with E-state index in [-0.39, 0.29) is 24.0 Å². The summed E-state index contributed by atoms with van der Waals surface area (Å²) in [5.41, 5.74) is 4.75. The smallest absolute Gasteiger partial charge is 0.345 e. The first-order valence-corrected chi connectivity index (χ1v) is 10.0. The van der Waals surface area contributed by atoms with Crippen LogP contribution in [0.5, 0.6) is 0 Å². The number of ether oxygens (including phenoxy) is 2. The van der Waals surface area contributed by atoms with Crippen LogP contribution < -0.4 is 11.1 Å². The number of Topliss-reactive ketones (excluding diaryl/α,β-unsaturated/α-hetero) is 2. The topological polar surface area (TPSA) is 111 Å². The van der Waals surface area contributed by atoms with Crippen molar-refractivity contribution in [3.05, 3.63) is 0 Å². The molecule has 7 nitrogen and oxygen atoms in total. The predicted molar refractivity (Wildman–Crippen MR) is 103 cm³/mol. The maximum absolute atomic E-state index is 12.9. The maximum atomic E-state index is 12.9. The molecule has 0 aromatic carbocycles. The summed E-state index contributed by atoms with van der Waals surface area (Å²) < 4.78 is 33.6. The number of amides is 1. The Kier molecular flexibility index (Phi) is 9.78. The summed E-state index contributed by atoms with van der Waals surface area (Å²) >= 11 is 0. The van der Waals surface area contributed by atoms with Crippen molar-refractivity contribution in [1.82, 2.24) is 5.32 Å². The van der Waals surface area contributed by atoms with E-state index in [2.05, 4.69) is 10.1 Å². The van der Waals surface area contributed by atoms with Gasteiger partial charge in [-0.1, -0.05) is 27.7 Å². The van der Waals surface area contributed by atoms with Gasteiger partial charge >= 0.3 is 6.61 Å². The first kappa shape index (κ1) is 25.6. The van der Waals surface area contributed by atoms with Crippen LogP contribution in [0.3, 0.4) is 0 Å². The highest BCUT2D eigenvalue weighted by Crippen LogP contribution is 2.30. The second-order valence-electron chi connectivity index (χ2n) is 8.77. The molecule has 0 spiro atoms. The van der Waals surface area contributed by atoms with Gasteiger partial charge < -0.3 is 20.5 Å². The minimum absolute atomic E-state index is 0.107. The maximum Gasteiger partial charge on any atom is 0.345 e. The zero-order valence-electron chi connectivity index (χ0n) is 17.9. The first-order chi connectivity index (χ1) is 13.4. The lowest BCUT2D eigenvalue weighted by molar-refractivity contribution is -0.142. The van der Waals surface area contributed by atoms with E-state index in [1.807, 2.05) is 27.7 Å². The van der Waals surface area contributed by atoms with E-state index >= 15 is 0 Å². The van der Waals surface area contributed by atoms with Gasteiger partial charge in [0.1, 0.15) is 5.60 Å². The van der Waals surface area contributed by atoms with Crippen LogP contribution in [0.25, 0.3) is 0 Å². The number of carbonyl (C=O) groups is 3. The van der Waals surface area contributed by atoms with Crippen molar-refractivity contribution in [2.45, 2.75) is 78.2 Å². The summed E-state index contributed by atoms with van der Waals surface area (Å²) in [7, 11) is 0. The molecule has 0 bridgehead atoms. The number of halogens is 2. The van der Waals surface area contributed by atoms with Crippen LogP contribution in [-0.4, -0.2) is 55.0 Å². The van der Waals surface area contributed by atoms with Crippen molar-refractivity contribution in [3.8, 4) is 0 Å². The highest BCUT2D eigenvalue weighted by atomic mass is 19.3. The molecular formula is C20H34F2N2O5. The van der Waals surface area contributed by atoms with Gasteiger partial charge in [-0.15, -0.1) is 0 Å². The van der Waals surface area contributed by atoms with Crippen molar-refractivity contribution in [2.24, 2.45) is 23.5 Å². The third kappa shape index (κ3) is 8.84. The van der Waals surface area contributed by atoms with Crippen molar-refractivity contribution < 1.29 is 32.6 Å². The van der Waals surface area contributed by atoms with Crippen molar-refractivity contribution in [3.63, 3.8) is 0 Å². The normalized spacial score (nSPS) is 21.9. The molecule has 0 saturated carbocycles. The van der Waals surface area contributed by atoms with Crippen LogP contribution >= 0.6 is 0 Å². The molecule has 1 fully saturated rings. The van der Waals surface area contributed by atoms with E-state index in [1.54, 1.807) is 6.92 Å². The van der Waals surface area contributed by atoms with E-state index in [4.69, 9.17) is 10.5 Å². The van der Waals surface area contributed by atoms with E-state index in [0.717, 1.165) is 0 Å². The van der Waals surface area contributed by atoms with E-state index in [9.17, 15) is 23.2 Å². The van der Waals surface area contributed by atoms with Crippen LogP contribution in [0.15, 0.2) is 0 Å². The number of nitrogens with two attached hydrogens (primary N) is 1. The van der Waals surface area contributed by atoms with Gasteiger partial charge in [-0.25, -0.2) is 0 Å². The Balaban J connectivity index is 2.82. The van der Waals surface area contributed by atoms with Crippen molar-refractivity contribution in [1.29, 1.82) is 0 Å². The van der Waals surface area contributed by atoms with Gasteiger partial charge in [0.2, 0.25) is 5.91 Å². The molecule has 1 aliphatic heterocycles. The lowest BCUT2D eigenvalue weighted by Crippen LogP contribution is -2.49. The highest BCUT2D eigenvalue weighted by molar-refractivity contribution is 5.97. The fourth-order valence-corrected chi connectivity index (χ4v) is 3.13. The molecule has 0 unspecified atom stereocenters. The Bertz CT molecular complexity index is 579. The largest absolute Gasteiger partial charge is 0.361 e. The summed E-state index contributed by atoms with van der Waals surface area (Å²) in [6.45, 7) is 6.07. The summed E-state index contributed by atoms with van der Waals surface area (Å²) in [6.07, 6.45) is 0.651. The van der Waals surface area contributed by atoms with Gasteiger partial charge in [-0.2, -0.15) is 8.78 Å². The fraction of sp³-hybridized carbons (Fsp3) is 0.850. The number of carbonyl (C=O) groups excluding carboxylic acids is 3. The van der Waals surface area contributed by atoms with Gasteiger partial charge in [0.05, 0.1) is 25.3 Å². The summed E-state index contributed by atoms with van der Waals surface area (Å²) in [5.74, 6) is -1.58. The molecule has 168 valence electrons. The molecule has 0 aliphatic carbocycles. The zero-order chi connectivity index (χ0) is 22.4. The van der Waals surface area contributed by atoms with Crippen molar-refractivity contribution in [2.75, 3.05) is 13.2 Å². The number of ketones is 2. The third-order valence-corrected chi connectivity index (χ3v) is 4.83. The molecule has 1 heterocycles. The second-order valence-corrected chi connectivity index (χ2v) is 8.77. The second kappa shape index (κ2) is 11.1. The number of alkyl halides is 2. The zero-order valence-corrected chi connectivity index (χ0v) is 17.9. The molecule has 0 radical (unpaired) electrons. The quantitative estimate of drug-likeness (QED) is 0.416. The molecule has 1 rings (SSSR count). The number of hydrogen-bond donors (Lipinski definition) is 2. The van der Waals surface area contributed by atoms with Gasteiger partial charge in [-0.3, -0.25) is 14.4 Å². The SMILES string of the molecule is CC(C)C[C@H](CC(=O)[C@@H](N)COC(F)F)C(=O)N[C@@H](CC(C)C)C(=O)[C@@]1(C)CO1. The molecule has 3 N–H and O–H groups in total. The molecule has 29 heavy (non-hydrogen) atoms. The Morgan fingerprint density at radius 1 is 1.14 bits per heavy atom. The monoisotopic (exact) mass is 420 g/mol. The van der Waals surface area contributed by atoms with Crippen molar-refractivity contribution >= 4 is 17.5 Å². The molecule has 1 aliphatic rings. The average Bonchev–Trinajstić information content (AvgIpc) is 3.35. The minimum atomic E-state index is -3.02. The molecule has 4 atom stereocenters. The lowest BCUT2D eigenvalue weighted by atomic mass is 9.88. The predicted octanol–water partition coefficient (Wildman–Crippen LogP) is 2.06. The molecule has 0 aromatic rings. The Hall–Kier alpha value is -1.45. The molecule has 1 saturated heterocycles. The van der Waals surface area contributed by atoms with Crippen LogP contribution in [0, 0.1) is 17.8 Å². The first-order valence-electron chi connectivity index (χ1n) is 10.0. The number of epoxide rings is 1. The van der Waals surface area contributed by atoms with Crippen LogP contribution in [0.2, 0.25) is 0 Å². The number of nitrogens with one attached hydrogen (secondary N) is 1. The van der Waals surface area contributed by atoms with E-state index in [0.29, 0.717) is 19.4 Å². The number of rotatable bonds is 14. The Morgan fingerprint density at radius 3 is 2.14 bits per heavy atom. The summed E-state index contributed by atoms with van der Waals surface area (Å²) in [4.78, 5) is 37.9. The van der Waals surface area contributed by atoms with Gasteiger partial charge in [0.15, 0.2) is 11.6 Å². The van der Waals surface area contributed by atoms with Crippen LogP contribution in [0.4, 0.5) is 8.78 Å². The van der Waals surface area contributed by atoms with Gasteiger partial charge in [0.25, 0.3) is 0 Å². The highest BCUT2D eigenvalue weighted by Gasteiger charge is 2.50. The molecule has 9 heteroatoms. The number of hydrogen-bond acceptors (Lipinski definition) is 6. The Labute approximate surface area is 171 Å². The van der Waals surface area contributed by atoms with Crippen LogP contribution in [-0.2, 0) is 23.9 Å². The van der Waals surface area contributed by atoms with E-state index in [1.165, 1.54) is 0 Å². The van der Waals surface area contributed by atoms with Crippen LogP contribution in [0.1, 0.15) is 53.9 Å². The van der Waals surface area contributed by atoms with Gasteiger partial charge in [-0.05, 0) is 31.6 Å². The fourth-order valence-electron chi connectivity index (χ4n) is 3.13. The molecule has 1 amide bonds.